The number of anilines is 2. The Kier molecular flexibility index (Phi) is 5.63. The molecule has 1 spiro atoms. The number of carbonyl (C=O) groups excluding carboxylic acids is 3. The molecule has 0 unspecified atom stereocenters. The monoisotopic (exact) mass is 460 g/mol. The Bertz CT molecular complexity index is 1280. The molecule has 3 aromatic rings. The number of hydrogen-bond acceptors (Lipinski definition) is 5. The van der Waals surface area contributed by atoms with E-state index in [1.54, 1.807) is 43.3 Å². The van der Waals surface area contributed by atoms with Crippen molar-refractivity contribution in [1.82, 2.24) is 0 Å². The Morgan fingerprint density at radius 2 is 1.56 bits per heavy atom. The maximum Gasteiger partial charge on any atom is 0.291 e. The Balaban J connectivity index is 1.44. The number of benzene rings is 2. The number of aryl methyl sites for hydroxylation is 1. The zero-order valence-electron chi connectivity index (χ0n) is 19.5. The molecule has 1 aliphatic heterocycles. The quantitative estimate of drug-likeness (QED) is 0.499. The van der Waals surface area contributed by atoms with Crippen LogP contribution in [0.25, 0.3) is 11.0 Å². The fourth-order valence-corrected chi connectivity index (χ4v) is 5.23. The van der Waals surface area contributed by atoms with Gasteiger partial charge in [-0.25, -0.2) is 0 Å². The summed E-state index contributed by atoms with van der Waals surface area (Å²) in [6, 6.07) is 10.4. The fourth-order valence-electron chi connectivity index (χ4n) is 5.23. The van der Waals surface area contributed by atoms with Crippen molar-refractivity contribution in [2.45, 2.75) is 64.4 Å². The normalized spacial score (nSPS) is 17.1. The van der Waals surface area contributed by atoms with E-state index in [1.807, 2.05) is 0 Å². The third-order valence-corrected chi connectivity index (χ3v) is 6.83. The number of carbonyl (C=O) groups is 3. The predicted molar refractivity (Wildman–Crippen MR) is 130 cm³/mol. The third-order valence-electron chi connectivity index (χ3n) is 6.83. The minimum absolute atomic E-state index is 0.0539. The molecule has 2 aliphatic rings. The lowest BCUT2D eigenvalue weighted by molar-refractivity contribution is -0.114. The molecule has 2 N–H and O–H groups in total. The molecule has 1 aliphatic carbocycles. The van der Waals surface area contributed by atoms with Gasteiger partial charge in [0.25, 0.3) is 5.91 Å². The Morgan fingerprint density at radius 1 is 0.912 bits per heavy atom. The zero-order chi connectivity index (χ0) is 23.9. The Morgan fingerprint density at radius 3 is 2.21 bits per heavy atom. The first-order chi connectivity index (χ1) is 16.3. The second kappa shape index (κ2) is 8.63. The summed E-state index contributed by atoms with van der Waals surface area (Å²) in [6.45, 7) is 3.23. The van der Waals surface area contributed by atoms with E-state index in [-0.39, 0.29) is 17.5 Å². The number of hydrogen-bond donors (Lipinski definition) is 2. The summed E-state index contributed by atoms with van der Waals surface area (Å²) in [6.07, 6.45) is 6.67. The van der Waals surface area contributed by atoms with Gasteiger partial charge in [0.05, 0.1) is 12.0 Å². The smallest absolute Gasteiger partial charge is 0.291 e. The Hall–Kier alpha value is -3.61. The van der Waals surface area contributed by atoms with E-state index in [2.05, 4.69) is 10.6 Å². The number of fused-ring (bicyclic) bond motifs is 3. The van der Waals surface area contributed by atoms with Gasteiger partial charge in [-0.15, -0.1) is 0 Å². The average molecular weight is 461 g/mol. The number of ether oxygens (including phenoxy) is 1. The number of nitrogens with one attached hydrogen (secondary N) is 2. The summed E-state index contributed by atoms with van der Waals surface area (Å²) in [5.74, 6) is 0.241. The SMILES string of the molecule is CC(=O)Nc1ccc(NC(=O)c2oc3ccc4c(c3c2C)C(=O)CC2(CCCCCC2)O4)cc1. The highest BCUT2D eigenvalue weighted by Crippen LogP contribution is 2.44. The lowest BCUT2D eigenvalue weighted by atomic mass is 9.83. The molecular formula is C27H28N2O5. The van der Waals surface area contributed by atoms with Crippen LogP contribution in [0.4, 0.5) is 11.4 Å². The molecule has 34 heavy (non-hydrogen) atoms. The molecule has 0 radical (unpaired) electrons. The minimum Gasteiger partial charge on any atom is -0.486 e. The van der Waals surface area contributed by atoms with Gasteiger partial charge in [0.15, 0.2) is 11.5 Å². The van der Waals surface area contributed by atoms with Gasteiger partial charge in [0, 0.05) is 29.2 Å². The lowest BCUT2D eigenvalue weighted by Crippen LogP contribution is -2.41. The van der Waals surface area contributed by atoms with E-state index in [9.17, 15) is 14.4 Å². The first kappa shape index (κ1) is 22.2. The summed E-state index contributed by atoms with van der Waals surface area (Å²) < 4.78 is 12.4. The van der Waals surface area contributed by atoms with Gasteiger partial charge in [-0.1, -0.05) is 12.8 Å². The number of furan rings is 1. The van der Waals surface area contributed by atoms with Gasteiger partial charge in [-0.3, -0.25) is 14.4 Å². The van der Waals surface area contributed by atoms with Crippen LogP contribution >= 0.6 is 0 Å². The second-order valence-corrected chi connectivity index (χ2v) is 9.38. The van der Waals surface area contributed by atoms with Crippen molar-refractivity contribution in [2.24, 2.45) is 0 Å². The van der Waals surface area contributed by atoms with Crippen molar-refractivity contribution >= 4 is 39.9 Å². The van der Waals surface area contributed by atoms with Crippen LogP contribution in [0.3, 0.4) is 0 Å². The van der Waals surface area contributed by atoms with Gasteiger partial charge < -0.3 is 19.8 Å². The van der Waals surface area contributed by atoms with Crippen molar-refractivity contribution in [3.63, 3.8) is 0 Å². The molecule has 2 amide bonds. The van der Waals surface area contributed by atoms with E-state index in [0.29, 0.717) is 45.6 Å². The summed E-state index contributed by atoms with van der Waals surface area (Å²) in [7, 11) is 0. The average Bonchev–Trinajstić information content (AvgIpc) is 2.97. The first-order valence-electron chi connectivity index (χ1n) is 11.8. The van der Waals surface area contributed by atoms with Crippen LogP contribution in [0.5, 0.6) is 5.75 Å². The van der Waals surface area contributed by atoms with Crippen molar-refractivity contribution < 1.29 is 23.5 Å². The van der Waals surface area contributed by atoms with Gasteiger partial charge in [0.1, 0.15) is 16.9 Å². The molecule has 1 fully saturated rings. The maximum atomic E-state index is 13.4. The highest BCUT2D eigenvalue weighted by Gasteiger charge is 2.42. The van der Waals surface area contributed by atoms with E-state index >= 15 is 0 Å². The number of amides is 2. The molecule has 7 nitrogen and oxygen atoms in total. The molecule has 2 aromatic carbocycles. The lowest BCUT2D eigenvalue weighted by Gasteiger charge is -2.37. The first-order valence-corrected chi connectivity index (χ1v) is 11.8. The van der Waals surface area contributed by atoms with Crippen LogP contribution < -0.4 is 15.4 Å². The summed E-state index contributed by atoms with van der Waals surface area (Å²) in [4.78, 5) is 37.6. The van der Waals surface area contributed by atoms with Crippen LogP contribution in [-0.4, -0.2) is 23.2 Å². The number of Topliss-reactive ketones (excluding diaryl/α,β-unsaturated/α-hetero) is 1. The predicted octanol–water partition coefficient (Wildman–Crippen LogP) is 6.01. The van der Waals surface area contributed by atoms with Gasteiger partial charge in [-0.2, -0.15) is 0 Å². The molecular weight excluding hydrogens is 432 g/mol. The topological polar surface area (TPSA) is 97.6 Å². The van der Waals surface area contributed by atoms with Gasteiger partial charge >= 0.3 is 0 Å². The van der Waals surface area contributed by atoms with Crippen LogP contribution in [-0.2, 0) is 4.79 Å². The summed E-state index contributed by atoms with van der Waals surface area (Å²) in [5.41, 5.74) is 2.43. The van der Waals surface area contributed by atoms with E-state index in [4.69, 9.17) is 9.15 Å². The molecule has 1 aromatic heterocycles. The molecule has 0 bridgehead atoms. The van der Waals surface area contributed by atoms with Crippen LogP contribution in [0.2, 0.25) is 0 Å². The minimum atomic E-state index is -0.407. The second-order valence-electron chi connectivity index (χ2n) is 9.38. The van der Waals surface area contributed by atoms with Gasteiger partial charge in [0.2, 0.25) is 5.91 Å². The molecule has 0 saturated heterocycles. The Labute approximate surface area is 197 Å². The largest absolute Gasteiger partial charge is 0.486 e. The summed E-state index contributed by atoms with van der Waals surface area (Å²) in [5, 5.41) is 6.16. The summed E-state index contributed by atoms with van der Waals surface area (Å²) >= 11 is 0. The van der Waals surface area contributed by atoms with Crippen LogP contribution in [0.1, 0.15) is 78.3 Å². The maximum absolute atomic E-state index is 13.4. The van der Waals surface area contributed by atoms with E-state index in [0.717, 1.165) is 25.7 Å². The van der Waals surface area contributed by atoms with Crippen molar-refractivity contribution in [3.8, 4) is 5.75 Å². The zero-order valence-corrected chi connectivity index (χ0v) is 19.5. The highest BCUT2D eigenvalue weighted by molar-refractivity contribution is 6.14. The highest BCUT2D eigenvalue weighted by atomic mass is 16.5. The molecule has 0 atom stereocenters. The van der Waals surface area contributed by atoms with Crippen molar-refractivity contribution in [2.75, 3.05) is 10.6 Å². The molecule has 7 heteroatoms. The molecule has 176 valence electrons. The fraction of sp³-hybridized carbons (Fsp3) is 0.370. The van der Waals surface area contributed by atoms with Gasteiger partial charge in [-0.05, 0) is 69.0 Å². The number of ketones is 1. The molecule has 2 heterocycles. The van der Waals surface area contributed by atoms with E-state index in [1.165, 1.54) is 19.8 Å². The molecule has 5 rings (SSSR count). The number of rotatable bonds is 3. The van der Waals surface area contributed by atoms with Crippen LogP contribution in [0.15, 0.2) is 40.8 Å². The van der Waals surface area contributed by atoms with Crippen molar-refractivity contribution in [1.29, 1.82) is 0 Å². The van der Waals surface area contributed by atoms with Crippen molar-refractivity contribution in [3.05, 3.63) is 53.3 Å². The third kappa shape index (κ3) is 4.06. The standard InChI is InChI=1S/C27H28N2O5/c1-16-23-21(33-25(16)26(32)29-19-9-7-18(8-10-19)28-17(2)30)11-12-22-24(23)20(31)15-27(34-22)13-5-3-4-6-14-27/h7-12H,3-6,13-15H2,1-2H3,(H,28,30)(H,29,32). The molecule has 1 saturated carbocycles. The van der Waals surface area contributed by atoms with Crippen LogP contribution in [0, 0.1) is 6.92 Å². The van der Waals surface area contributed by atoms with E-state index < -0.39 is 11.5 Å².